The van der Waals surface area contributed by atoms with Crippen LogP contribution >= 0.6 is 0 Å². The van der Waals surface area contributed by atoms with E-state index in [4.69, 9.17) is 0 Å². The predicted octanol–water partition coefficient (Wildman–Crippen LogP) is 3.43. The highest BCUT2D eigenvalue weighted by Gasteiger charge is 2.33. The van der Waals surface area contributed by atoms with Crippen molar-refractivity contribution in [2.45, 2.75) is 52.0 Å². The Morgan fingerprint density at radius 3 is 2.50 bits per heavy atom. The van der Waals surface area contributed by atoms with E-state index in [2.05, 4.69) is 15.6 Å². The zero-order valence-corrected chi connectivity index (χ0v) is 19.6. The van der Waals surface area contributed by atoms with Gasteiger partial charge >= 0.3 is 6.18 Å². The molecule has 2 N–H and O–H groups in total. The summed E-state index contributed by atoms with van der Waals surface area (Å²) in [6, 6.07) is 1.48. The van der Waals surface area contributed by atoms with Crippen molar-refractivity contribution >= 4 is 11.8 Å². The molecular weight excluding hydrogens is 454 g/mol. The van der Waals surface area contributed by atoms with Crippen molar-refractivity contribution in [2.75, 3.05) is 20.6 Å². The summed E-state index contributed by atoms with van der Waals surface area (Å²) in [5, 5.41) is 5.25. The van der Waals surface area contributed by atoms with Gasteiger partial charge < -0.3 is 20.1 Å². The fourth-order valence-electron chi connectivity index (χ4n) is 4.08. The molecule has 0 radical (unpaired) electrons. The quantitative estimate of drug-likeness (QED) is 0.617. The lowest BCUT2D eigenvalue weighted by Crippen LogP contribution is -2.46. The first kappa shape index (κ1) is 25.7. The fourth-order valence-corrected chi connectivity index (χ4v) is 4.08. The van der Waals surface area contributed by atoms with Crippen LogP contribution in [0.25, 0.3) is 11.4 Å². The number of fused-ring (bicyclic) bond motifs is 1. The minimum atomic E-state index is -4.68. The third kappa shape index (κ3) is 5.57. The molecule has 11 heteroatoms. The van der Waals surface area contributed by atoms with Crippen LogP contribution in [-0.2, 0) is 24.1 Å². The lowest BCUT2D eigenvalue weighted by atomic mass is 10.0. The van der Waals surface area contributed by atoms with Crippen molar-refractivity contribution in [2.24, 2.45) is 5.92 Å². The largest absolute Gasteiger partial charge is 0.416 e. The zero-order valence-electron chi connectivity index (χ0n) is 19.6. The Morgan fingerprint density at radius 1 is 1.21 bits per heavy atom. The molecule has 186 valence electrons. The minimum Gasteiger partial charge on any atom is -0.357 e. The van der Waals surface area contributed by atoms with E-state index in [0.717, 1.165) is 12.1 Å². The molecule has 1 unspecified atom stereocenters. The summed E-state index contributed by atoms with van der Waals surface area (Å²) >= 11 is 0. The molecule has 0 spiro atoms. The molecule has 1 aliphatic rings. The van der Waals surface area contributed by atoms with Crippen LogP contribution in [0.4, 0.5) is 17.6 Å². The minimum absolute atomic E-state index is 0.0284. The van der Waals surface area contributed by atoms with E-state index in [1.807, 2.05) is 25.8 Å². The monoisotopic (exact) mass is 483 g/mol. The number of imidazole rings is 1. The van der Waals surface area contributed by atoms with E-state index in [9.17, 15) is 27.2 Å². The molecule has 0 aliphatic carbocycles. The average molecular weight is 484 g/mol. The maximum absolute atomic E-state index is 14.8. The Balaban J connectivity index is 2.06. The molecule has 0 saturated carbocycles. The van der Waals surface area contributed by atoms with Gasteiger partial charge in [-0.05, 0) is 50.6 Å². The number of hydrogen-bond donors (Lipinski definition) is 2. The summed E-state index contributed by atoms with van der Waals surface area (Å²) in [5.74, 6) is -1.80. The van der Waals surface area contributed by atoms with E-state index in [1.54, 1.807) is 4.57 Å². The van der Waals surface area contributed by atoms with Gasteiger partial charge in [0.15, 0.2) is 5.69 Å². The van der Waals surface area contributed by atoms with Crippen molar-refractivity contribution < 1.29 is 27.2 Å². The van der Waals surface area contributed by atoms with Gasteiger partial charge in [-0.25, -0.2) is 9.37 Å². The number of rotatable bonds is 6. The topological polar surface area (TPSA) is 79.3 Å². The Hall–Kier alpha value is -2.95. The van der Waals surface area contributed by atoms with Gasteiger partial charge in [-0.3, -0.25) is 9.59 Å². The summed E-state index contributed by atoms with van der Waals surface area (Å²) < 4.78 is 55.5. The molecule has 3 rings (SSSR count). The van der Waals surface area contributed by atoms with Crippen LogP contribution in [0.3, 0.4) is 0 Å². The van der Waals surface area contributed by atoms with Crippen molar-refractivity contribution in [3.63, 3.8) is 0 Å². The van der Waals surface area contributed by atoms with Crippen molar-refractivity contribution in [1.29, 1.82) is 0 Å². The molecule has 1 aromatic carbocycles. The van der Waals surface area contributed by atoms with E-state index < -0.39 is 29.5 Å². The number of hydrogen-bond acceptors (Lipinski definition) is 4. The van der Waals surface area contributed by atoms with Gasteiger partial charge in [0.2, 0.25) is 5.91 Å². The van der Waals surface area contributed by atoms with E-state index in [1.165, 1.54) is 7.05 Å². The number of carbonyl (C=O) groups excluding carboxylic acids is 2. The molecule has 0 fully saturated rings. The zero-order chi connectivity index (χ0) is 25.2. The Bertz CT molecular complexity index is 1060. The number of alkyl halides is 3. The summed E-state index contributed by atoms with van der Waals surface area (Å²) in [7, 11) is 3.35. The maximum Gasteiger partial charge on any atom is 0.416 e. The van der Waals surface area contributed by atoms with Crippen molar-refractivity contribution in [3.05, 3.63) is 41.0 Å². The average Bonchev–Trinajstić information content (AvgIpc) is 2.97. The number of halogens is 4. The maximum atomic E-state index is 14.8. The highest BCUT2D eigenvalue weighted by Crippen LogP contribution is 2.34. The number of aromatic nitrogens is 2. The SMILES string of the molecule is CNC(=O)C(CC(C)C)NC(=O)c1nc(-c2ccc(C(F)(F)F)cc2F)n2c1CN(C)CCC2. The molecule has 34 heavy (non-hydrogen) atoms. The first-order chi connectivity index (χ1) is 15.9. The second-order valence-electron chi connectivity index (χ2n) is 8.94. The number of likely N-dealkylation sites (N-methyl/N-ethyl adjacent to an activating group) is 1. The lowest BCUT2D eigenvalue weighted by Gasteiger charge is -2.19. The molecule has 1 atom stereocenters. The number of carbonyl (C=O) groups is 2. The van der Waals surface area contributed by atoms with Gasteiger partial charge in [0.1, 0.15) is 17.7 Å². The van der Waals surface area contributed by atoms with Crippen LogP contribution in [0.15, 0.2) is 18.2 Å². The molecule has 2 heterocycles. The second kappa shape index (κ2) is 10.1. The molecule has 1 aliphatic heterocycles. The number of amides is 2. The molecule has 0 saturated heterocycles. The molecular formula is C23H29F4N5O2. The summed E-state index contributed by atoms with van der Waals surface area (Å²) in [5.41, 5.74) is -0.674. The van der Waals surface area contributed by atoms with Gasteiger partial charge in [-0.15, -0.1) is 0 Å². The smallest absolute Gasteiger partial charge is 0.357 e. The van der Waals surface area contributed by atoms with Gasteiger partial charge in [0.05, 0.1) is 16.8 Å². The highest BCUT2D eigenvalue weighted by atomic mass is 19.4. The molecule has 1 aromatic heterocycles. The van der Waals surface area contributed by atoms with E-state index in [0.29, 0.717) is 44.2 Å². The van der Waals surface area contributed by atoms with Gasteiger partial charge in [-0.2, -0.15) is 13.2 Å². The van der Waals surface area contributed by atoms with Gasteiger partial charge in [0.25, 0.3) is 5.91 Å². The van der Waals surface area contributed by atoms with Crippen molar-refractivity contribution in [3.8, 4) is 11.4 Å². The lowest BCUT2D eigenvalue weighted by molar-refractivity contribution is -0.137. The Labute approximate surface area is 195 Å². The first-order valence-electron chi connectivity index (χ1n) is 11.1. The van der Waals surface area contributed by atoms with Gasteiger partial charge in [-0.1, -0.05) is 13.8 Å². The molecule has 2 amide bonds. The first-order valence-corrected chi connectivity index (χ1v) is 11.1. The van der Waals surface area contributed by atoms with Crippen LogP contribution in [0.2, 0.25) is 0 Å². The number of nitrogens with one attached hydrogen (secondary N) is 2. The molecule has 7 nitrogen and oxygen atoms in total. The number of nitrogens with zero attached hydrogens (tertiary/aromatic N) is 3. The second-order valence-corrected chi connectivity index (χ2v) is 8.94. The third-order valence-electron chi connectivity index (χ3n) is 5.74. The van der Waals surface area contributed by atoms with Crippen LogP contribution in [-0.4, -0.2) is 52.9 Å². The van der Waals surface area contributed by atoms with Crippen LogP contribution in [0.1, 0.15) is 48.4 Å². The number of benzene rings is 1. The molecule has 0 bridgehead atoms. The Morgan fingerprint density at radius 2 is 1.91 bits per heavy atom. The third-order valence-corrected chi connectivity index (χ3v) is 5.74. The van der Waals surface area contributed by atoms with Crippen molar-refractivity contribution in [1.82, 2.24) is 25.1 Å². The summed E-state index contributed by atoms with van der Waals surface area (Å²) in [6.07, 6.45) is -3.59. The van der Waals surface area contributed by atoms with E-state index in [-0.39, 0.29) is 28.9 Å². The van der Waals surface area contributed by atoms with Crippen LogP contribution in [0, 0.1) is 11.7 Å². The van der Waals surface area contributed by atoms with Crippen LogP contribution < -0.4 is 10.6 Å². The Kier molecular flexibility index (Phi) is 7.64. The van der Waals surface area contributed by atoms with Gasteiger partial charge in [0, 0.05) is 20.1 Å². The molecule has 2 aromatic rings. The predicted molar refractivity (Wildman–Crippen MR) is 118 cm³/mol. The van der Waals surface area contributed by atoms with E-state index >= 15 is 0 Å². The highest BCUT2D eigenvalue weighted by molar-refractivity contribution is 5.97. The standard InChI is InChI=1S/C23H29F4N5O2/c1-13(2)10-17(21(33)28-3)29-22(34)19-18-12-31(4)8-5-9-32(18)20(30-19)15-7-6-14(11-16(15)24)23(25,26)27/h6-7,11,13,17H,5,8-10,12H2,1-4H3,(H,28,33)(H,29,34). The fraction of sp³-hybridized carbons (Fsp3) is 0.522. The summed E-state index contributed by atoms with van der Waals surface area (Å²) in [4.78, 5) is 31.9. The normalized spacial score (nSPS) is 15.6. The summed E-state index contributed by atoms with van der Waals surface area (Å²) in [6.45, 7) is 5.32. The van der Waals surface area contributed by atoms with Crippen LogP contribution in [0.5, 0.6) is 0 Å².